The number of anilines is 2. The van der Waals surface area contributed by atoms with Crippen molar-refractivity contribution in [3.05, 3.63) is 72.1 Å². The van der Waals surface area contributed by atoms with Gasteiger partial charge in [0.1, 0.15) is 17.2 Å². The number of rotatable bonds is 4. The van der Waals surface area contributed by atoms with Crippen molar-refractivity contribution in [2.75, 3.05) is 5.32 Å². The number of nitrogens with zero attached hydrogens (tertiary/aromatic N) is 4. The summed E-state index contributed by atoms with van der Waals surface area (Å²) in [5, 5.41) is 13.9. The van der Waals surface area contributed by atoms with Crippen LogP contribution in [-0.4, -0.2) is 24.8 Å². The molecule has 24 heavy (non-hydrogen) atoms. The second kappa shape index (κ2) is 5.73. The van der Waals surface area contributed by atoms with Gasteiger partial charge in [-0.15, -0.1) is 5.10 Å². The van der Waals surface area contributed by atoms with Gasteiger partial charge in [-0.3, -0.25) is 5.10 Å². The van der Waals surface area contributed by atoms with Gasteiger partial charge in [-0.05, 0) is 29.8 Å². The van der Waals surface area contributed by atoms with Crippen molar-refractivity contribution >= 4 is 17.2 Å². The van der Waals surface area contributed by atoms with Gasteiger partial charge in [-0.2, -0.15) is 5.10 Å². The zero-order chi connectivity index (χ0) is 16.5. The Morgan fingerprint density at radius 2 is 1.96 bits per heavy atom. The summed E-state index contributed by atoms with van der Waals surface area (Å²) in [7, 11) is 0. The summed E-state index contributed by atoms with van der Waals surface area (Å²) in [4.78, 5) is 4.29. The minimum Gasteiger partial charge on any atom is -0.323 e. The fourth-order valence-electron chi connectivity index (χ4n) is 2.38. The highest BCUT2D eigenvalue weighted by atomic mass is 19.1. The molecule has 4 rings (SSSR count). The number of nitrogens with one attached hydrogen (secondary N) is 2. The van der Waals surface area contributed by atoms with Gasteiger partial charge >= 0.3 is 0 Å². The molecular weight excluding hydrogens is 314 g/mol. The Balaban J connectivity index is 1.76. The van der Waals surface area contributed by atoms with Crippen LogP contribution in [0.5, 0.6) is 0 Å². The van der Waals surface area contributed by atoms with E-state index < -0.39 is 12.0 Å². The maximum Gasteiger partial charge on any atom is 0.190 e. The van der Waals surface area contributed by atoms with Crippen LogP contribution < -0.4 is 5.32 Å². The van der Waals surface area contributed by atoms with Crippen LogP contribution in [-0.2, 0) is 0 Å². The summed E-state index contributed by atoms with van der Waals surface area (Å²) in [5.74, 6) is 0.626. The number of hydrogen-bond donors (Lipinski definition) is 2. The largest absolute Gasteiger partial charge is 0.323 e. The quantitative estimate of drug-likeness (QED) is 0.603. The van der Waals surface area contributed by atoms with Crippen molar-refractivity contribution in [1.29, 1.82) is 0 Å². The van der Waals surface area contributed by atoms with E-state index in [0.717, 1.165) is 0 Å². The number of halogens is 2. The third kappa shape index (κ3) is 2.58. The molecule has 0 radical (unpaired) electrons. The van der Waals surface area contributed by atoms with Crippen LogP contribution >= 0.6 is 0 Å². The van der Waals surface area contributed by atoms with Crippen molar-refractivity contribution in [2.45, 2.75) is 6.17 Å². The Morgan fingerprint density at radius 1 is 1.12 bits per heavy atom. The fourth-order valence-corrected chi connectivity index (χ4v) is 2.38. The van der Waals surface area contributed by atoms with Crippen LogP contribution in [0.25, 0.3) is 5.52 Å². The summed E-state index contributed by atoms with van der Waals surface area (Å²) in [6.07, 6.45) is 1.73. The van der Waals surface area contributed by atoms with Gasteiger partial charge in [0.05, 0.1) is 6.20 Å². The summed E-state index contributed by atoms with van der Waals surface area (Å²) < 4.78 is 29.3. The van der Waals surface area contributed by atoms with Gasteiger partial charge in [0.15, 0.2) is 17.8 Å². The molecule has 8 heteroatoms. The summed E-state index contributed by atoms with van der Waals surface area (Å²) in [6.45, 7) is 0. The number of benzene rings is 1. The predicted octanol–water partition coefficient (Wildman–Crippen LogP) is 3.39. The molecule has 0 amide bonds. The van der Waals surface area contributed by atoms with E-state index in [4.69, 9.17) is 0 Å². The van der Waals surface area contributed by atoms with Gasteiger partial charge in [0, 0.05) is 12.3 Å². The first-order valence-electron chi connectivity index (χ1n) is 7.22. The zero-order valence-corrected chi connectivity index (χ0v) is 12.3. The van der Waals surface area contributed by atoms with Crippen LogP contribution in [0, 0.1) is 5.82 Å². The van der Waals surface area contributed by atoms with Gasteiger partial charge in [0.2, 0.25) is 0 Å². The van der Waals surface area contributed by atoms with Crippen molar-refractivity contribution in [2.24, 2.45) is 0 Å². The first-order valence-corrected chi connectivity index (χ1v) is 7.22. The number of fused-ring (bicyclic) bond motifs is 1. The lowest BCUT2D eigenvalue weighted by atomic mass is 10.1. The van der Waals surface area contributed by atoms with Crippen molar-refractivity contribution < 1.29 is 8.78 Å². The minimum atomic E-state index is -1.57. The molecule has 0 aliphatic heterocycles. The highest BCUT2D eigenvalue weighted by Crippen LogP contribution is 2.26. The SMILES string of the molecule is Fc1ccc(C(F)c2nc(Nc3ccn[nH]3)c3cccn3n2)cc1. The molecule has 120 valence electrons. The second-order valence-corrected chi connectivity index (χ2v) is 5.17. The molecule has 0 spiro atoms. The van der Waals surface area contributed by atoms with Crippen LogP contribution in [0.1, 0.15) is 17.6 Å². The Morgan fingerprint density at radius 3 is 2.71 bits per heavy atom. The van der Waals surface area contributed by atoms with Crippen LogP contribution in [0.15, 0.2) is 54.9 Å². The van der Waals surface area contributed by atoms with Crippen molar-refractivity contribution in [3.8, 4) is 0 Å². The molecule has 0 aliphatic carbocycles. The lowest BCUT2D eigenvalue weighted by molar-refractivity contribution is 0.379. The summed E-state index contributed by atoms with van der Waals surface area (Å²) >= 11 is 0. The summed E-state index contributed by atoms with van der Waals surface area (Å²) in [5.41, 5.74) is 0.982. The molecule has 0 aliphatic rings. The van der Waals surface area contributed by atoms with Crippen LogP contribution in [0.3, 0.4) is 0 Å². The average Bonchev–Trinajstić information content (AvgIpc) is 3.26. The second-order valence-electron chi connectivity index (χ2n) is 5.17. The molecule has 1 aromatic carbocycles. The lowest BCUT2D eigenvalue weighted by Gasteiger charge is -2.11. The van der Waals surface area contributed by atoms with Gasteiger partial charge in [0.25, 0.3) is 0 Å². The van der Waals surface area contributed by atoms with Gasteiger partial charge in [-0.25, -0.2) is 18.3 Å². The Bertz CT molecular complexity index is 962. The third-order valence-corrected chi connectivity index (χ3v) is 3.55. The van der Waals surface area contributed by atoms with Crippen molar-refractivity contribution in [3.63, 3.8) is 0 Å². The van der Waals surface area contributed by atoms with Crippen LogP contribution in [0.2, 0.25) is 0 Å². The van der Waals surface area contributed by atoms with Crippen LogP contribution in [0.4, 0.5) is 20.4 Å². The lowest BCUT2D eigenvalue weighted by Crippen LogP contribution is -2.09. The molecular formula is C16H12F2N6. The number of aromatic nitrogens is 5. The highest BCUT2D eigenvalue weighted by Gasteiger charge is 2.19. The Kier molecular flexibility index (Phi) is 3.42. The Labute approximate surface area is 135 Å². The number of H-pyrrole nitrogens is 1. The highest BCUT2D eigenvalue weighted by molar-refractivity contribution is 5.71. The van der Waals surface area contributed by atoms with E-state index >= 15 is 0 Å². The molecule has 0 saturated heterocycles. The molecule has 4 aromatic rings. The maximum atomic E-state index is 14.8. The fraction of sp³-hybridized carbons (Fsp3) is 0.0625. The van der Waals surface area contributed by atoms with E-state index in [1.807, 2.05) is 6.07 Å². The van der Waals surface area contributed by atoms with Gasteiger partial charge < -0.3 is 5.32 Å². The number of alkyl halides is 1. The standard InChI is InChI=1S/C16H12F2N6/c17-11-5-3-10(4-6-11)14(18)16-21-15(20-13-7-8-19-22-13)12-2-1-9-24(12)23-16/h1-9,14H,(H2,19,20,21,22,23). The molecule has 3 aromatic heterocycles. The van der Waals surface area contributed by atoms with Gasteiger partial charge in [-0.1, -0.05) is 12.1 Å². The number of hydrogen-bond acceptors (Lipinski definition) is 4. The third-order valence-electron chi connectivity index (χ3n) is 3.55. The van der Waals surface area contributed by atoms with E-state index in [1.54, 1.807) is 24.5 Å². The molecule has 3 heterocycles. The maximum absolute atomic E-state index is 14.8. The average molecular weight is 326 g/mol. The van der Waals surface area contributed by atoms with E-state index in [2.05, 4.69) is 25.6 Å². The normalized spacial score (nSPS) is 12.4. The van der Waals surface area contributed by atoms with Crippen molar-refractivity contribution in [1.82, 2.24) is 24.8 Å². The monoisotopic (exact) mass is 326 g/mol. The Hall–Kier alpha value is -3.29. The minimum absolute atomic E-state index is 0.0210. The molecule has 2 N–H and O–H groups in total. The molecule has 0 bridgehead atoms. The topological polar surface area (TPSA) is 70.9 Å². The molecule has 0 saturated carbocycles. The smallest absolute Gasteiger partial charge is 0.190 e. The van der Waals surface area contributed by atoms with E-state index in [0.29, 0.717) is 17.2 Å². The molecule has 0 fully saturated rings. The molecule has 1 unspecified atom stereocenters. The molecule has 1 atom stereocenters. The van der Waals surface area contributed by atoms with E-state index in [1.165, 1.54) is 28.8 Å². The predicted molar refractivity (Wildman–Crippen MR) is 84.2 cm³/mol. The number of aromatic amines is 1. The molecule has 6 nitrogen and oxygen atoms in total. The first kappa shape index (κ1) is 14.3. The summed E-state index contributed by atoms with van der Waals surface area (Å²) in [6, 6.07) is 10.5. The first-order chi connectivity index (χ1) is 11.7. The van der Waals surface area contributed by atoms with E-state index in [-0.39, 0.29) is 11.4 Å². The van der Waals surface area contributed by atoms with E-state index in [9.17, 15) is 8.78 Å². The zero-order valence-electron chi connectivity index (χ0n) is 12.3.